The fourth-order valence-corrected chi connectivity index (χ4v) is 0.838. The van der Waals surface area contributed by atoms with Crippen molar-refractivity contribution in [3.63, 3.8) is 0 Å². The van der Waals surface area contributed by atoms with Gasteiger partial charge in [-0.25, -0.2) is 5.06 Å². The average Bonchev–Trinajstić information content (AvgIpc) is 2.42. The first-order valence-corrected chi connectivity index (χ1v) is 3.87. The Bertz CT molecular complexity index is 461. The summed E-state index contributed by atoms with van der Waals surface area (Å²) in [6.45, 7) is 1.09. The summed E-state index contributed by atoms with van der Waals surface area (Å²) >= 11 is 0. The van der Waals surface area contributed by atoms with Crippen molar-refractivity contribution in [2.24, 2.45) is 11.8 Å². The topological polar surface area (TPSA) is 29.5 Å². The average molecular weight is 194 g/mol. The van der Waals surface area contributed by atoms with E-state index in [-0.39, 0.29) is 0 Å². The maximum atomic E-state index is 12.0. The molecule has 1 aliphatic carbocycles. The van der Waals surface area contributed by atoms with E-state index in [1.807, 2.05) is 0 Å². The van der Waals surface area contributed by atoms with Gasteiger partial charge in [-0.3, -0.25) is 9.63 Å². The van der Waals surface area contributed by atoms with Crippen molar-refractivity contribution in [2.45, 2.75) is 32.4 Å². The van der Waals surface area contributed by atoms with Crippen LogP contribution < -0.4 is 0 Å². The third kappa shape index (κ3) is 2.69. The van der Waals surface area contributed by atoms with E-state index >= 15 is 0 Å². The summed E-state index contributed by atoms with van der Waals surface area (Å²) in [5.41, 5.74) is 0. The molecule has 1 aliphatic rings. The van der Waals surface area contributed by atoms with Crippen molar-refractivity contribution in [2.75, 3.05) is 14.2 Å². The van der Waals surface area contributed by atoms with Crippen LogP contribution in [-0.4, -0.2) is 25.1 Å². The predicted molar refractivity (Wildman–Crippen MR) is 50.9 cm³/mol. The molecule has 1 rings (SSSR count). The molecule has 0 N–H and O–H groups in total. The van der Waals surface area contributed by atoms with Crippen molar-refractivity contribution < 1.29 is 22.0 Å². The zero-order valence-corrected chi connectivity index (χ0v) is 7.84. The summed E-state index contributed by atoms with van der Waals surface area (Å²) in [7, 11) is 2.37. The van der Waals surface area contributed by atoms with Gasteiger partial charge in [-0.1, -0.05) is 26.0 Å². The van der Waals surface area contributed by atoms with E-state index in [4.69, 9.17) is 12.3 Å². The number of hydrogen-bond donors (Lipinski definition) is 0. The smallest absolute Gasteiger partial charge is 0.248 e. The molecular weight excluding hydrogens is 166 g/mol. The van der Waals surface area contributed by atoms with Crippen LogP contribution in [0.2, 0.25) is 0 Å². The van der Waals surface area contributed by atoms with E-state index in [1.54, 1.807) is 0 Å². The molecule has 0 aliphatic heterocycles. The lowest BCUT2D eigenvalue weighted by molar-refractivity contribution is -0.173. The number of carbonyl (C=O) groups is 1. The molecule has 0 bridgehead atoms. The molecule has 1 amide bonds. The zero-order valence-electron chi connectivity index (χ0n) is 16.8. The van der Waals surface area contributed by atoms with Crippen molar-refractivity contribution in [1.82, 2.24) is 5.06 Å². The van der Waals surface area contributed by atoms with Crippen molar-refractivity contribution in [3.05, 3.63) is 0 Å². The van der Waals surface area contributed by atoms with E-state index in [0.29, 0.717) is 5.06 Å². The molecular formula is C10H19NO2. The lowest BCUT2D eigenvalue weighted by Crippen LogP contribution is -2.32. The van der Waals surface area contributed by atoms with E-state index in [0.717, 1.165) is 14.0 Å². The number of carbonyl (C=O) groups excluding carboxylic acids is 1. The first kappa shape index (κ1) is 3.54. The molecule has 0 aromatic heterocycles. The summed E-state index contributed by atoms with van der Waals surface area (Å²) in [5.74, 6) is -5.62. The van der Waals surface area contributed by atoms with E-state index in [2.05, 4.69) is 4.84 Å². The van der Waals surface area contributed by atoms with Crippen molar-refractivity contribution in [3.8, 4) is 0 Å². The Morgan fingerprint density at radius 1 is 1.92 bits per heavy atom. The van der Waals surface area contributed by atoms with Crippen LogP contribution in [-0.2, 0) is 9.63 Å². The number of rotatable bonds is 4. The van der Waals surface area contributed by atoms with Gasteiger partial charge in [-0.15, -0.1) is 0 Å². The summed E-state index contributed by atoms with van der Waals surface area (Å²) in [6.07, 6.45) is -12.3. The van der Waals surface area contributed by atoms with Gasteiger partial charge in [0, 0.05) is 25.3 Å². The third-order valence-corrected chi connectivity index (χ3v) is 1.69. The minimum absolute atomic E-state index is 0.699. The SMILES string of the molecule is [2H]C([2H])(C(C)C(=O)N(C)OC)C1([2H])C([2H])([2H])C([2H])([2H])C1([2H])[2H]. The molecule has 3 heteroatoms. The highest BCUT2D eigenvalue weighted by molar-refractivity contribution is 5.77. The zero-order chi connectivity index (χ0) is 17.9. The molecule has 13 heavy (non-hydrogen) atoms. The van der Waals surface area contributed by atoms with Gasteiger partial charge in [-0.05, 0) is 12.3 Å². The van der Waals surface area contributed by atoms with Gasteiger partial charge in [0.1, 0.15) is 0 Å². The van der Waals surface area contributed by atoms with Gasteiger partial charge < -0.3 is 0 Å². The van der Waals surface area contributed by atoms with Gasteiger partial charge in [0.15, 0.2) is 0 Å². The highest BCUT2D eigenvalue weighted by Gasteiger charge is 2.25. The highest BCUT2D eigenvalue weighted by Crippen LogP contribution is 2.32. The Morgan fingerprint density at radius 2 is 2.54 bits per heavy atom. The molecule has 0 aromatic rings. The largest absolute Gasteiger partial charge is 0.275 e. The first-order chi connectivity index (χ1) is 9.55. The summed E-state index contributed by atoms with van der Waals surface area (Å²) < 4.78 is 69.8. The standard InChI is InChI=1S/C10H19NO2/c1-8(7-9-5-4-6-9)10(12)11(2)13-3/h8-9H,4-7H2,1-3H3/i4D2,5D2,6D2,7D2,9D. The third-order valence-electron chi connectivity index (χ3n) is 1.69. The summed E-state index contributed by atoms with van der Waals surface area (Å²) in [6, 6.07) is 0. The van der Waals surface area contributed by atoms with Crippen molar-refractivity contribution >= 4 is 5.91 Å². The molecule has 3 nitrogen and oxygen atoms in total. The van der Waals surface area contributed by atoms with Crippen LogP contribution in [0.15, 0.2) is 0 Å². The minimum Gasteiger partial charge on any atom is -0.275 e. The molecule has 0 heterocycles. The van der Waals surface area contributed by atoms with E-state index in [9.17, 15) is 4.79 Å². The summed E-state index contributed by atoms with van der Waals surface area (Å²) in [4.78, 5) is 16.7. The lowest BCUT2D eigenvalue weighted by atomic mass is 9.79. The van der Waals surface area contributed by atoms with Gasteiger partial charge in [0.2, 0.25) is 5.91 Å². The number of hydroxylamine groups is 2. The second-order valence-electron chi connectivity index (χ2n) is 2.63. The molecule has 1 fully saturated rings. The fourth-order valence-electron chi connectivity index (χ4n) is 0.838. The number of amides is 1. The lowest BCUT2D eigenvalue weighted by Gasteiger charge is -2.28. The van der Waals surface area contributed by atoms with Crippen LogP contribution >= 0.6 is 0 Å². The highest BCUT2D eigenvalue weighted by atomic mass is 16.7. The van der Waals surface area contributed by atoms with Crippen LogP contribution in [0.4, 0.5) is 0 Å². The quantitative estimate of drug-likeness (QED) is 0.639. The van der Waals surface area contributed by atoms with Crippen LogP contribution in [0.1, 0.15) is 44.8 Å². The number of nitrogens with zero attached hydrogens (tertiary/aromatic N) is 1. The maximum absolute atomic E-state index is 12.0. The molecule has 0 aromatic carbocycles. The van der Waals surface area contributed by atoms with Crippen LogP contribution in [0.25, 0.3) is 0 Å². The van der Waals surface area contributed by atoms with Crippen LogP contribution in [0, 0.1) is 11.8 Å². The number of hydrogen-bond acceptors (Lipinski definition) is 2. The Hall–Kier alpha value is -0.570. The Balaban J connectivity index is 3.36. The van der Waals surface area contributed by atoms with Gasteiger partial charge in [-0.2, -0.15) is 0 Å². The maximum Gasteiger partial charge on any atom is 0.248 e. The normalized spacial score (nSPS) is 44.7. The van der Waals surface area contributed by atoms with E-state index < -0.39 is 43.2 Å². The molecule has 1 atom stereocenters. The Kier molecular flexibility index (Phi) is 1.25. The monoisotopic (exact) mass is 194 g/mol. The Morgan fingerprint density at radius 3 is 3.08 bits per heavy atom. The molecule has 1 saturated carbocycles. The van der Waals surface area contributed by atoms with Crippen LogP contribution in [0.3, 0.4) is 0 Å². The molecule has 0 saturated heterocycles. The van der Waals surface area contributed by atoms with E-state index in [1.165, 1.54) is 7.05 Å². The van der Waals surface area contributed by atoms with Crippen molar-refractivity contribution in [1.29, 1.82) is 0 Å². The van der Waals surface area contributed by atoms with Crippen LogP contribution in [0.5, 0.6) is 0 Å². The second kappa shape index (κ2) is 4.61. The molecule has 1 unspecified atom stereocenters. The summed E-state index contributed by atoms with van der Waals surface area (Å²) in [5, 5.41) is 0.699. The minimum atomic E-state index is -3.12. The Labute approximate surface area is 92.7 Å². The van der Waals surface area contributed by atoms with Gasteiger partial charge in [0.05, 0.1) is 7.11 Å². The predicted octanol–water partition coefficient (Wildman–Crippen LogP) is 1.83. The molecule has 0 radical (unpaired) electrons. The fraction of sp³-hybridized carbons (Fsp3) is 0.900. The molecule has 0 spiro atoms. The van der Waals surface area contributed by atoms with Gasteiger partial charge in [0.25, 0.3) is 0 Å². The first-order valence-electron chi connectivity index (χ1n) is 8.37. The second-order valence-corrected chi connectivity index (χ2v) is 2.63. The molecule has 76 valence electrons. The van der Waals surface area contributed by atoms with Gasteiger partial charge >= 0.3 is 0 Å².